The van der Waals surface area contributed by atoms with E-state index in [4.69, 9.17) is 11.6 Å². The molecule has 2 aromatic carbocycles. The van der Waals surface area contributed by atoms with Crippen LogP contribution in [0.15, 0.2) is 63.9 Å². The Hall–Kier alpha value is -1.91. The third-order valence-electron chi connectivity index (χ3n) is 3.54. The summed E-state index contributed by atoms with van der Waals surface area (Å²) < 4.78 is 2.50. The maximum Gasteiger partial charge on any atom is 0.270 e. The van der Waals surface area contributed by atoms with Gasteiger partial charge in [-0.1, -0.05) is 51.8 Å². The maximum atomic E-state index is 12.3. The number of aromatic nitrogens is 2. The van der Waals surface area contributed by atoms with Crippen LogP contribution in [0, 0.1) is 6.92 Å². The lowest BCUT2D eigenvalue weighted by molar-refractivity contribution is 0.638. The molecule has 0 saturated heterocycles. The molecule has 3 rings (SSSR count). The lowest BCUT2D eigenvalue weighted by atomic mass is 10.1. The number of nitrogens with zero attached hydrogens (tertiary/aromatic N) is 2. The molecule has 0 amide bonds. The van der Waals surface area contributed by atoms with E-state index in [1.165, 1.54) is 4.68 Å². The molecule has 0 fully saturated rings. The minimum atomic E-state index is -0.0826. The summed E-state index contributed by atoms with van der Waals surface area (Å²) in [6.45, 7) is 2.23. The molecule has 1 heterocycles. The molecule has 0 aliphatic rings. The fraction of sp³-hybridized carbons (Fsp3) is 0.111. The zero-order chi connectivity index (χ0) is 16.4. The minimum Gasteiger partial charge on any atom is -0.268 e. The second-order valence-corrected chi connectivity index (χ2v) is 6.66. The van der Waals surface area contributed by atoms with Gasteiger partial charge in [-0.2, -0.15) is 5.10 Å². The van der Waals surface area contributed by atoms with Crippen LogP contribution in [-0.2, 0) is 6.54 Å². The number of hydrogen-bond acceptors (Lipinski definition) is 2. The molecule has 5 heteroatoms. The SMILES string of the molecule is Cc1cc(-c2ccc(Br)cc2)nn(Cc2ccc(Cl)cc2)c1=O. The third-order valence-corrected chi connectivity index (χ3v) is 4.32. The lowest BCUT2D eigenvalue weighted by Crippen LogP contribution is -2.25. The van der Waals surface area contributed by atoms with Gasteiger partial charge in [0.15, 0.2) is 0 Å². The Balaban J connectivity index is 2.01. The predicted octanol–water partition coefficient (Wildman–Crippen LogP) is 4.68. The van der Waals surface area contributed by atoms with Crippen LogP contribution in [0.2, 0.25) is 5.02 Å². The first-order chi connectivity index (χ1) is 11.0. The van der Waals surface area contributed by atoms with Crippen molar-refractivity contribution in [1.29, 1.82) is 0 Å². The van der Waals surface area contributed by atoms with Crippen molar-refractivity contribution in [3.63, 3.8) is 0 Å². The first-order valence-corrected chi connectivity index (χ1v) is 8.29. The quantitative estimate of drug-likeness (QED) is 0.652. The molecule has 0 unspecified atom stereocenters. The van der Waals surface area contributed by atoms with Crippen LogP contribution in [0.5, 0.6) is 0 Å². The Morgan fingerprint density at radius 3 is 2.39 bits per heavy atom. The molecule has 1 aromatic heterocycles. The van der Waals surface area contributed by atoms with Crippen molar-refractivity contribution in [3.8, 4) is 11.3 Å². The average Bonchev–Trinajstić information content (AvgIpc) is 2.54. The average molecular weight is 390 g/mol. The molecule has 3 nitrogen and oxygen atoms in total. The highest BCUT2D eigenvalue weighted by atomic mass is 79.9. The number of halogens is 2. The zero-order valence-corrected chi connectivity index (χ0v) is 14.8. The normalized spacial score (nSPS) is 10.7. The number of benzene rings is 2. The standard InChI is InChI=1S/C18H14BrClN2O/c1-12-10-17(14-4-6-15(19)7-5-14)21-22(18(12)23)11-13-2-8-16(20)9-3-13/h2-10H,11H2,1H3. The van der Waals surface area contributed by atoms with Gasteiger partial charge >= 0.3 is 0 Å². The second kappa shape index (κ2) is 6.69. The molecule has 3 aromatic rings. The lowest BCUT2D eigenvalue weighted by Gasteiger charge is -2.09. The van der Waals surface area contributed by atoms with E-state index in [0.717, 1.165) is 21.3 Å². The van der Waals surface area contributed by atoms with Crippen molar-refractivity contribution in [2.75, 3.05) is 0 Å². The van der Waals surface area contributed by atoms with Gasteiger partial charge in [-0.15, -0.1) is 0 Å². The van der Waals surface area contributed by atoms with Crippen LogP contribution in [0.25, 0.3) is 11.3 Å². The van der Waals surface area contributed by atoms with Crippen LogP contribution in [0.3, 0.4) is 0 Å². The van der Waals surface area contributed by atoms with Crippen LogP contribution < -0.4 is 5.56 Å². The molecule has 0 bridgehead atoms. The van der Waals surface area contributed by atoms with E-state index in [0.29, 0.717) is 17.1 Å². The van der Waals surface area contributed by atoms with Gasteiger partial charge < -0.3 is 0 Å². The van der Waals surface area contributed by atoms with E-state index in [-0.39, 0.29) is 5.56 Å². The first-order valence-electron chi connectivity index (χ1n) is 7.12. The summed E-state index contributed by atoms with van der Waals surface area (Å²) >= 11 is 9.32. The van der Waals surface area contributed by atoms with Crippen molar-refractivity contribution in [3.05, 3.63) is 85.6 Å². The molecule has 0 saturated carbocycles. The van der Waals surface area contributed by atoms with E-state index >= 15 is 0 Å². The summed E-state index contributed by atoms with van der Waals surface area (Å²) in [5.74, 6) is 0. The number of rotatable bonds is 3. The van der Waals surface area contributed by atoms with Crippen molar-refractivity contribution in [2.45, 2.75) is 13.5 Å². The van der Waals surface area contributed by atoms with Crippen LogP contribution in [0.4, 0.5) is 0 Å². The highest BCUT2D eigenvalue weighted by Crippen LogP contribution is 2.20. The topological polar surface area (TPSA) is 34.9 Å². The number of aryl methyl sites for hydroxylation is 1. The Morgan fingerprint density at radius 2 is 1.74 bits per heavy atom. The Labute approximate surface area is 147 Å². The Bertz CT molecular complexity index is 886. The Morgan fingerprint density at radius 1 is 1.09 bits per heavy atom. The summed E-state index contributed by atoms with van der Waals surface area (Å²) in [7, 11) is 0. The fourth-order valence-corrected chi connectivity index (χ4v) is 2.70. The van der Waals surface area contributed by atoms with Gasteiger partial charge in [0.2, 0.25) is 0 Å². The van der Waals surface area contributed by atoms with Gasteiger partial charge in [0.05, 0.1) is 12.2 Å². The summed E-state index contributed by atoms with van der Waals surface area (Å²) in [5, 5.41) is 5.18. The maximum absolute atomic E-state index is 12.3. The largest absolute Gasteiger partial charge is 0.270 e. The molecule has 0 atom stereocenters. The van der Waals surface area contributed by atoms with Crippen molar-refractivity contribution in [2.24, 2.45) is 0 Å². The molecule has 116 valence electrons. The fourth-order valence-electron chi connectivity index (χ4n) is 2.31. The first kappa shape index (κ1) is 16.0. The van der Waals surface area contributed by atoms with Gasteiger partial charge in [0.1, 0.15) is 0 Å². The third kappa shape index (κ3) is 3.71. The monoisotopic (exact) mass is 388 g/mol. The van der Waals surface area contributed by atoms with Crippen LogP contribution in [0.1, 0.15) is 11.1 Å². The van der Waals surface area contributed by atoms with Crippen LogP contribution in [-0.4, -0.2) is 9.78 Å². The molecule has 0 spiro atoms. The molecule has 0 aliphatic carbocycles. The number of hydrogen-bond donors (Lipinski definition) is 0. The molecular weight excluding hydrogens is 376 g/mol. The second-order valence-electron chi connectivity index (χ2n) is 5.31. The molecule has 0 N–H and O–H groups in total. The zero-order valence-electron chi connectivity index (χ0n) is 12.5. The van der Waals surface area contributed by atoms with Gasteiger partial charge in [0, 0.05) is 20.6 Å². The highest BCUT2D eigenvalue weighted by Gasteiger charge is 2.08. The van der Waals surface area contributed by atoms with Crippen LogP contribution >= 0.6 is 27.5 Å². The van der Waals surface area contributed by atoms with E-state index in [1.807, 2.05) is 61.5 Å². The van der Waals surface area contributed by atoms with E-state index < -0.39 is 0 Å². The van der Waals surface area contributed by atoms with Gasteiger partial charge in [0.25, 0.3) is 5.56 Å². The summed E-state index contributed by atoms with van der Waals surface area (Å²) in [5.41, 5.74) is 3.33. The van der Waals surface area contributed by atoms with Gasteiger partial charge in [-0.05, 0) is 42.8 Å². The summed E-state index contributed by atoms with van der Waals surface area (Å²) in [6.07, 6.45) is 0. The van der Waals surface area contributed by atoms with E-state index in [1.54, 1.807) is 0 Å². The van der Waals surface area contributed by atoms with Gasteiger partial charge in [-0.25, -0.2) is 4.68 Å². The van der Waals surface area contributed by atoms with E-state index in [2.05, 4.69) is 21.0 Å². The Kier molecular flexibility index (Phi) is 4.64. The minimum absolute atomic E-state index is 0.0826. The molecular formula is C18H14BrClN2O. The molecule has 0 radical (unpaired) electrons. The van der Waals surface area contributed by atoms with Crippen molar-refractivity contribution >= 4 is 27.5 Å². The molecule has 23 heavy (non-hydrogen) atoms. The smallest absolute Gasteiger partial charge is 0.268 e. The molecule has 0 aliphatic heterocycles. The van der Waals surface area contributed by atoms with E-state index in [9.17, 15) is 4.79 Å². The van der Waals surface area contributed by atoms with Gasteiger partial charge in [-0.3, -0.25) is 4.79 Å². The summed E-state index contributed by atoms with van der Waals surface area (Å²) in [4.78, 5) is 12.3. The highest BCUT2D eigenvalue weighted by molar-refractivity contribution is 9.10. The van der Waals surface area contributed by atoms with Crippen molar-refractivity contribution < 1.29 is 0 Å². The predicted molar refractivity (Wildman–Crippen MR) is 96.9 cm³/mol. The van der Waals surface area contributed by atoms with Crippen molar-refractivity contribution in [1.82, 2.24) is 9.78 Å². The summed E-state index contributed by atoms with van der Waals surface area (Å²) in [6, 6.07) is 17.1.